The molecule has 0 bridgehead atoms. The Bertz CT molecular complexity index is 370. The third-order valence-corrected chi connectivity index (χ3v) is 4.42. The van der Waals surface area contributed by atoms with Crippen LogP contribution in [0.3, 0.4) is 0 Å². The Balaban J connectivity index is 1.73. The van der Waals surface area contributed by atoms with E-state index in [4.69, 9.17) is 4.42 Å². The first-order chi connectivity index (χ1) is 8.61. The smallest absolute Gasteiger partial charge is 0.169 e. The first-order valence-electron chi connectivity index (χ1n) is 6.78. The van der Waals surface area contributed by atoms with Crippen molar-refractivity contribution in [2.24, 2.45) is 5.92 Å². The highest BCUT2D eigenvalue weighted by atomic mass is 79.9. The van der Waals surface area contributed by atoms with Gasteiger partial charge in [-0.15, -0.1) is 0 Å². The van der Waals surface area contributed by atoms with E-state index in [-0.39, 0.29) is 0 Å². The Labute approximate surface area is 117 Å². The highest BCUT2D eigenvalue weighted by Crippen LogP contribution is 2.33. The summed E-state index contributed by atoms with van der Waals surface area (Å²) in [5.74, 6) is 1.71. The quantitative estimate of drug-likeness (QED) is 0.874. The maximum Gasteiger partial charge on any atom is 0.169 e. The van der Waals surface area contributed by atoms with Gasteiger partial charge in [-0.05, 0) is 59.7 Å². The zero-order valence-corrected chi connectivity index (χ0v) is 12.5. The fourth-order valence-electron chi connectivity index (χ4n) is 2.67. The lowest BCUT2D eigenvalue weighted by atomic mass is 9.78. The summed E-state index contributed by atoms with van der Waals surface area (Å²) in [6.45, 7) is 3.56. The molecule has 3 nitrogen and oxygen atoms in total. The summed E-state index contributed by atoms with van der Waals surface area (Å²) >= 11 is 3.28. The van der Waals surface area contributed by atoms with Crippen LogP contribution in [-0.4, -0.2) is 17.3 Å². The molecule has 1 aliphatic rings. The van der Waals surface area contributed by atoms with Gasteiger partial charge in [-0.25, -0.2) is 0 Å². The number of hydrogen-bond acceptors (Lipinski definition) is 3. The van der Waals surface area contributed by atoms with Gasteiger partial charge in [-0.3, -0.25) is 0 Å². The molecule has 0 saturated heterocycles. The maximum absolute atomic E-state index is 10.5. The summed E-state index contributed by atoms with van der Waals surface area (Å²) in [6.07, 6.45) is 5.38. The standard InChI is InChI=1S/C14H22BrNO2/c1-2-11-5-7-14(17,8-6-11)10-16-9-12-3-4-13(15)18-12/h3-4,11,16-17H,2,5-10H2,1H3. The predicted octanol–water partition coefficient (Wildman–Crippen LogP) is 3.46. The van der Waals surface area contributed by atoms with E-state index in [2.05, 4.69) is 28.2 Å². The summed E-state index contributed by atoms with van der Waals surface area (Å²) in [7, 11) is 0. The average Bonchev–Trinajstić information content (AvgIpc) is 2.76. The summed E-state index contributed by atoms with van der Waals surface area (Å²) in [5.41, 5.74) is -0.518. The van der Waals surface area contributed by atoms with Gasteiger partial charge in [0.05, 0.1) is 12.1 Å². The molecular weight excluding hydrogens is 294 g/mol. The summed E-state index contributed by atoms with van der Waals surface area (Å²) in [4.78, 5) is 0. The minimum absolute atomic E-state index is 0.518. The monoisotopic (exact) mass is 315 g/mol. The highest BCUT2D eigenvalue weighted by Gasteiger charge is 2.32. The highest BCUT2D eigenvalue weighted by molar-refractivity contribution is 9.10. The molecule has 0 atom stereocenters. The van der Waals surface area contributed by atoms with E-state index in [1.165, 1.54) is 6.42 Å². The van der Waals surface area contributed by atoms with Crippen LogP contribution in [0.4, 0.5) is 0 Å². The normalized spacial score (nSPS) is 28.5. The molecule has 1 aromatic heterocycles. The van der Waals surface area contributed by atoms with E-state index in [0.717, 1.165) is 42.0 Å². The van der Waals surface area contributed by atoms with Crippen molar-refractivity contribution in [2.75, 3.05) is 6.54 Å². The van der Waals surface area contributed by atoms with Gasteiger partial charge in [0.25, 0.3) is 0 Å². The van der Waals surface area contributed by atoms with E-state index >= 15 is 0 Å². The average molecular weight is 316 g/mol. The largest absolute Gasteiger partial charge is 0.453 e. The molecule has 0 aromatic carbocycles. The van der Waals surface area contributed by atoms with Crippen molar-refractivity contribution in [1.82, 2.24) is 5.32 Å². The van der Waals surface area contributed by atoms with Crippen molar-refractivity contribution in [3.63, 3.8) is 0 Å². The summed E-state index contributed by atoms with van der Waals surface area (Å²) < 4.78 is 6.16. The lowest BCUT2D eigenvalue weighted by molar-refractivity contribution is -0.00907. The van der Waals surface area contributed by atoms with Crippen LogP contribution in [0.2, 0.25) is 0 Å². The van der Waals surface area contributed by atoms with Gasteiger partial charge in [0.2, 0.25) is 0 Å². The van der Waals surface area contributed by atoms with Crippen LogP contribution in [0.1, 0.15) is 44.8 Å². The number of hydrogen-bond donors (Lipinski definition) is 2. The number of halogens is 1. The summed E-state index contributed by atoms with van der Waals surface area (Å²) in [6, 6.07) is 3.83. The first-order valence-corrected chi connectivity index (χ1v) is 7.58. The van der Waals surface area contributed by atoms with E-state index < -0.39 is 5.60 Å². The molecule has 2 rings (SSSR count). The van der Waals surface area contributed by atoms with Crippen LogP contribution in [0.25, 0.3) is 0 Å². The van der Waals surface area contributed by atoms with Crippen LogP contribution in [0.5, 0.6) is 0 Å². The predicted molar refractivity (Wildman–Crippen MR) is 75.3 cm³/mol. The van der Waals surface area contributed by atoms with Crippen LogP contribution in [0.15, 0.2) is 21.2 Å². The van der Waals surface area contributed by atoms with Crippen LogP contribution < -0.4 is 5.32 Å². The lowest BCUT2D eigenvalue weighted by Crippen LogP contribution is -2.43. The fourth-order valence-corrected chi connectivity index (χ4v) is 3.01. The van der Waals surface area contributed by atoms with Crippen molar-refractivity contribution < 1.29 is 9.52 Å². The molecule has 1 fully saturated rings. The molecule has 18 heavy (non-hydrogen) atoms. The molecule has 102 valence electrons. The van der Waals surface area contributed by atoms with Crippen molar-refractivity contribution in [3.8, 4) is 0 Å². The minimum atomic E-state index is -0.518. The van der Waals surface area contributed by atoms with Crippen LogP contribution >= 0.6 is 15.9 Å². The number of rotatable bonds is 5. The van der Waals surface area contributed by atoms with Gasteiger partial charge in [-0.1, -0.05) is 13.3 Å². The molecule has 0 radical (unpaired) electrons. The Hall–Kier alpha value is -0.320. The molecule has 0 aliphatic heterocycles. The van der Waals surface area contributed by atoms with E-state index in [0.29, 0.717) is 13.1 Å². The molecule has 4 heteroatoms. The Morgan fingerprint density at radius 1 is 1.44 bits per heavy atom. The fraction of sp³-hybridized carbons (Fsp3) is 0.714. The SMILES string of the molecule is CCC1CCC(O)(CNCc2ccc(Br)o2)CC1. The van der Waals surface area contributed by atoms with Gasteiger partial charge >= 0.3 is 0 Å². The zero-order valence-electron chi connectivity index (χ0n) is 10.9. The molecular formula is C14H22BrNO2. The topological polar surface area (TPSA) is 45.4 Å². The van der Waals surface area contributed by atoms with Gasteiger partial charge in [-0.2, -0.15) is 0 Å². The number of aliphatic hydroxyl groups is 1. The van der Waals surface area contributed by atoms with Gasteiger partial charge in [0.15, 0.2) is 4.67 Å². The van der Waals surface area contributed by atoms with E-state index in [9.17, 15) is 5.11 Å². The molecule has 1 heterocycles. The number of furan rings is 1. The second kappa shape index (κ2) is 6.22. The van der Waals surface area contributed by atoms with E-state index in [1.807, 2.05) is 12.1 Å². The molecule has 1 aromatic rings. The lowest BCUT2D eigenvalue weighted by Gasteiger charge is -2.35. The van der Waals surface area contributed by atoms with Crippen molar-refractivity contribution in [3.05, 3.63) is 22.6 Å². The Kier molecular flexibility index (Phi) is 4.87. The third-order valence-electron chi connectivity index (χ3n) is 4.00. The summed E-state index contributed by atoms with van der Waals surface area (Å²) in [5, 5.41) is 13.8. The second-order valence-corrected chi connectivity index (χ2v) is 6.17. The van der Waals surface area contributed by atoms with Gasteiger partial charge in [0, 0.05) is 6.54 Å². The van der Waals surface area contributed by atoms with Gasteiger partial charge in [0.1, 0.15) is 5.76 Å². The molecule has 0 spiro atoms. The molecule has 0 unspecified atom stereocenters. The maximum atomic E-state index is 10.5. The molecule has 0 amide bonds. The molecule has 2 N–H and O–H groups in total. The third kappa shape index (κ3) is 3.84. The van der Waals surface area contributed by atoms with Gasteiger partial charge < -0.3 is 14.8 Å². The van der Waals surface area contributed by atoms with Crippen LogP contribution in [-0.2, 0) is 6.54 Å². The molecule has 1 aliphatic carbocycles. The Morgan fingerprint density at radius 2 is 2.17 bits per heavy atom. The number of nitrogens with one attached hydrogen (secondary N) is 1. The minimum Gasteiger partial charge on any atom is -0.453 e. The van der Waals surface area contributed by atoms with Crippen LogP contribution in [0, 0.1) is 5.92 Å². The van der Waals surface area contributed by atoms with E-state index in [1.54, 1.807) is 0 Å². The first kappa shape index (κ1) is 14.1. The van der Waals surface area contributed by atoms with Crippen molar-refractivity contribution in [1.29, 1.82) is 0 Å². The molecule has 1 saturated carbocycles. The van der Waals surface area contributed by atoms with Crippen molar-refractivity contribution >= 4 is 15.9 Å². The zero-order chi connectivity index (χ0) is 13.0. The second-order valence-electron chi connectivity index (χ2n) is 5.39. The Morgan fingerprint density at radius 3 is 2.72 bits per heavy atom. The van der Waals surface area contributed by atoms with Crippen molar-refractivity contribution in [2.45, 2.75) is 51.2 Å².